The third-order valence-electron chi connectivity index (χ3n) is 3.76. The van der Waals surface area contributed by atoms with Crippen molar-refractivity contribution in [3.05, 3.63) is 59.7 Å². The molecule has 2 aromatic carbocycles. The van der Waals surface area contributed by atoms with Crippen LogP contribution in [0.1, 0.15) is 55.5 Å². The lowest BCUT2D eigenvalue weighted by Gasteiger charge is -2.13. The van der Waals surface area contributed by atoms with Crippen molar-refractivity contribution in [3.63, 3.8) is 0 Å². The number of Topliss-reactive ketones (excluding diaryl/α,β-unsaturated/α-hetero) is 1. The topological polar surface area (TPSA) is 55.4 Å². The van der Waals surface area contributed by atoms with Gasteiger partial charge in [0.1, 0.15) is 12.4 Å². The lowest BCUT2D eigenvalue weighted by molar-refractivity contribution is -0.116. The molecule has 0 radical (unpaired) electrons. The Morgan fingerprint density at radius 2 is 1.68 bits per heavy atom. The number of anilines is 1. The fourth-order valence-corrected chi connectivity index (χ4v) is 2.50. The van der Waals surface area contributed by atoms with E-state index in [1.807, 2.05) is 44.2 Å². The molecular weight excluding hydrogens is 314 g/mol. The maximum Gasteiger partial charge on any atom is 0.224 e. The molecule has 0 fully saturated rings. The van der Waals surface area contributed by atoms with Crippen LogP contribution in [-0.2, 0) is 11.4 Å². The van der Waals surface area contributed by atoms with Gasteiger partial charge in [0.05, 0.1) is 5.56 Å². The molecule has 0 spiro atoms. The molecule has 0 saturated carbocycles. The summed E-state index contributed by atoms with van der Waals surface area (Å²) in [4.78, 5) is 24.2. The van der Waals surface area contributed by atoms with Gasteiger partial charge in [-0.05, 0) is 30.5 Å². The van der Waals surface area contributed by atoms with E-state index in [0.29, 0.717) is 36.4 Å². The Morgan fingerprint density at radius 1 is 0.960 bits per heavy atom. The second-order valence-electron chi connectivity index (χ2n) is 5.96. The molecule has 0 aliphatic carbocycles. The molecular formula is C21H25NO3. The highest BCUT2D eigenvalue weighted by Gasteiger charge is 2.14. The van der Waals surface area contributed by atoms with E-state index in [-0.39, 0.29) is 11.7 Å². The summed E-state index contributed by atoms with van der Waals surface area (Å²) in [6.45, 7) is 4.31. The van der Waals surface area contributed by atoms with E-state index in [2.05, 4.69) is 5.32 Å². The monoisotopic (exact) mass is 339 g/mol. The van der Waals surface area contributed by atoms with E-state index < -0.39 is 0 Å². The number of ketones is 1. The van der Waals surface area contributed by atoms with E-state index >= 15 is 0 Å². The van der Waals surface area contributed by atoms with Gasteiger partial charge in [-0.1, -0.05) is 44.2 Å². The van der Waals surface area contributed by atoms with Crippen LogP contribution in [0.25, 0.3) is 0 Å². The van der Waals surface area contributed by atoms with Gasteiger partial charge in [-0.3, -0.25) is 9.59 Å². The molecule has 1 amide bonds. The van der Waals surface area contributed by atoms with Crippen molar-refractivity contribution in [1.29, 1.82) is 0 Å². The van der Waals surface area contributed by atoms with Crippen LogP contribution in [0.3, 0.4) is 0 Å². The molecule has 2 aromatic rings. The number of carbonyl (C=O) groups excluding carboxylic acids is 2. The Hall–Kier alpha value is -2.62. The minimum atomic E-state index is -0.0378. The molecule has 2 rings (SSSR count). The van der Waals surface area contributed by atoms with E-state index in [0.717, 1.165) is 18.4 Å². The van der Waals surface area contributed by atoms with Crippen LogP contribution in [-0.4, -0.2) is 11.7 Å². The Morgan fingerprint density at radius 3 is 2.36 bits per heavy atom. The van der Waals surface area contributed by atoms with Crippen LogP contribution < -0.4 is 10.1 Å². The summed E-state index contributed by atoms with van der Waals surface area (Å²) >= 11 is 0. The highest BCUT2D eigenvalue weighted by molar-refractivity contribution is 6.00. The van der Waals surface area contributed by atoms with Crippen LogP contribution in [0.5, 0.6) is 5.75 Å². The minimum Gasteiger partial charge on any atom is -0.488 e. The van der Waals surface area contributed by atoms with Crippen LogP contribution in [0.4, 0.5) is 5.69 Å². The molecule has 0 bridgehead atoms. The van der Waals surface area contributed by atoms with Gasteiger partial charge >= 0.3 is 0 Å². The number of amides is 1. The zero-order valence-electron chi connectivity index (χ0n) is 14.9. The average Bonchev–Trinajstić information content (AvgIpc) is 2.61. The van der Waals surface area contributed by atoms with Crippen molar-refractivity contribution in [1.82, 2.24) is 0 Å². The summed E-state index contributed by atoms with van der Waals surface area (Å²) < 4.78 is 5.90. The number of benzene rings is 2. The van der Waals surface area contributed by atoms with Crippen molar-refractivity contribution in [2.45, 2.75) is 46.1 Å². The Kier molecular flexibility index (Phi) is 7.20. The summed E-state index contributed by atoms with van der Waals surface area (Å²) in [6.07, 6.45) is 2.52. The first-order valence-electron chi connectivity index (χ1n) is 8.77. The van der Waals surface area contributed by atoms with E-state index in [1.165, 1.54) is 0 Å². The normalized spacial score (nSPS) is 10.3. The van der Waals surface area contributed by atoms with E-state index in [1.54, 1.807) is 18.2 Å². The van der Waals surface area contributed by atoms with Gasteiger partial charge in [0, 0.05) is 24.6 Å². The molecule has 0 heterocycles. The molecule has 1 N–H and O–H groups in total. The number of hydrogen-bond acceptors (Lipinski definition) is 3. The van der Waals surface area contributed by atoms with Crippen LogP contribution in [0.2, 0.25) is 0 Å². The van der Waals surface area contributed by atoms with Crippen molar-refractivity contribution < 1.29 is 14.3 Å². The van der Waals surface area contributed by atoms with Crippen molar-refractivity contribution in [3.8, 4) is 5.75 Å². The van der Waals surface area contributed by atoms with E-state index in [4.69, 9.17) is 4.74 Å². The molecule has 0 aliphatic heterocycles. The second kappa shape index (κ2) is 9.62. The fraction of sp³-hybridized carbons (Fsp3) is 0.333. The molecule has 25 heavy (non-hydrogen) atoms. The number of hydrogen-bond donors (Lipinski definition) is 1. The van der Waals surface area contributed by atoms with Gasteiger partial charge in [-0.15, -0.1) is 0 Å². The van der Waals surface area contributed by atoms with Gasteiger partial charge in [0.2, 0.25) is 5.91 Å². The smallest absolute Gasteiger partial charge is 0.224 e. The average molecular weight is 339 g/mol. The predicted octanol–water partition coefficient (Wildman–Crippen LogP) is 4.99. The molecule has 0 atom stereocenters. The number of carbonyl (C=O) groups is 2. The highest BCUT2D eigenvalue weighted by Crippen LogP contribution is 2.26. The standard InChI is InChI=1S/C21H25NO3/c1-3-8-19(23)18-13-12-17(22-21(24)9-4-2)14-20(18)25-15-16-10-6-5-7-11-16/h5-7,10-14H,3-4,8-9,15H2,1-2H3,(H,22,24). The Balaban J connectivity index is 2.20. The summed E-state index contributed by atoms with van der Waals surface area (Å²) in [5, 5.41) is 2.85. The van der Waals surface area contributed by atoms with Crippen LogP contribution in [0.15, 0.2) is 48.5 Å². The van der Waals surface area contributed by atoms with Crippen molar-refractivity contribution in [2.24, 2.45) is 0 Å². The lowest BCUT2D eigenvalue weighted by atomic mass is 10.0. The Labute approximate surface area is 149 Å². The molecule has 4 heteroatoms. The number of ether oxygens (including phenoxy) is 1. The summed E-state index contributed by atoms with van der Waals surface area (Å²) in [5.74, 6) is 0.526. The SMILES string of the molecule is CCCC(=O)Nc1ccc(C(=O)CCC)c(OCc2ccccc2)c1. The maximum absolute atomic E-state index is 12.3. The Bertz CT molecular complexity index is 710. The third kappa shape index (κ3) is 5.75. The first-order valence-corrected chi connectivity index (χ1v) is 8.77. The molecule has 0 aromatic heterocycles. The van der Waals surface area contributed by atoms with Gasteiger partial charge < -0.3 is 10.1 Å². The first kappa shape index (κ1) is 18.7. The molecule has 132 valence electrons. The highest BCUT2D eigenvalue weighted by atomic mass is 16.5. The number of rotatable bonds is 9. The quantitative estimate of drug-likeness (QED) is 0.655. The molecule has 4 nitrogen and oxygen atoms in total. The largest absolute Gasteiger partial charge is 0.488 e. The maximum atomic E-state index is 12.3. The zero-order valence-corrected chi connectivity index (χ0v) is 14.9. The molecule has 0 unspecified atom stereocenters. The summed E-state index contributed by atoms with van der Waals surface area (Å²) in [5.41, 5.74) is 2.23. The van der Waals surface area contributed by atoms with Gasteiger partial charge in [0.15, 0.2) is 5.78 Å². The zero-order chi connectivity index (χ0) is 18.1. The molecule has 0 aliphatic rings. The summed E-state index contributed by atoms with van der Waals surface area (Å²) in [6, 6.07) is 15.0. The summed E-state index contributed by atoms with van der Waals surface area (Å²) in [7, 11) is 0. The predicted molar refractivity (Wildman–Crippen MR) is 100.0 cm³/mol. The van der Waals surface area contributed by atoms with Crippen LogP contribution >= 0.6 is 0 Å². The minimum absolute atomic E-state index is 0.0378. The second-order valence-corrected chi connectivity index (χ2v) is 5.96. The number of nitrogens with one attached hydrogen (secondary N) is 1. The van der Waals surface area contributed by atoms with Crippen LogP contribution in [0, 0.1) is 0 Å². The van der Waals surface area contributed by atoms with Gasteiger partial charge in [0.25, 0.3) is 0 Å². The third-order valence-corrected chi connectivity index (χ3v) is 3.76. The van der Waals surface area contributed by atoms with Crippen molar-refractivity contribution in [2.75, 3.05) is 5.32 Å². The first-order chi connectivity index (χ1) is 12.1. The lowest BCUT2D eigenvalue weighted by Crippen LogP contribution is -2.11. The van der Waals surface area contributed by atoms with Crippen molar-refractivity contribution >= 4 is 17.4 Å². The van der Waals surface area contributed by atoms with Gasteiger partial charge in [-0.25, -0.2) is 0 Å². The fourth-order valence-electron chi connectivity index (χ4n) is 2.50. The molecule has 0 saturated heterocycles. The van der Waals surface area contributed by atoms with E-state index in [9.17, 15) is 9.59 Å². The van der Waals surface area contributed by atoms with Gasteiger partial charge in [-0.2, -0.15) is 0 Å².